The molecule has 0 bridgehead atoms. The Morgan fingerprint density at radius 3 is 2.48 bits per heavy atom. The Kier molecular flexibility index (Phi) is 6.85. The predicted octanol–water partition coefficient (Wildman–Crippen LogP) is 2.91. The number of amides is 1. The van der Waals surface area contributed by atoms with E-state index in [9.17, 15) is 4.79 Å². The SMILES string of the molecule is Cc1ccc(O[C@@H](C)C(=O)NCc2ccccc2CN2CCOCC2)cc1. The van der Waals surface area contributed by atoms with Crippen LogP contribution in [0.1, 0.15) is 23.6 Å². The summed E-state index contributed by atoms with van der Waals surface area (Å²) in [4.78, 5) is 14.8. The van der Waals surface area contributed by atoms with Crippen LogP contribution in [0.4, 0.5) is 0 Å². The van der Waals surface area contributed by atoms with Gasteiger partial charge in [-0.15, -0.1) is 0 Å². The molecule has 0 aliphatic carbocycles. The fourth-order valence-electron chi connectivity index (χ4n) is 3.08. The molecule has 0 unspecified atom stereocenters. The molecule has 1 aliphatic rings. The monoisotopic (exact) mass is 368 g/mol. The molecule has 0 radical (unpaired) electrons. The Morgan fingerprint density at radius 1 is 1.11 bits per heavy atom. The van der Waals surface area contributed by atoms with Crippen LogP contribution in [0.2, 0.25) is 0 Å². The highest BCUT2D eigenvalue weighted by molar-refractivity contribution is 5.80. The van der Waals surface area contributed by atoms with Crippen molar-refractivity contribution in [2.24, 2.45) is 0 Å². The van der Waals surface area contributed by atoms with E-state index in [1.807, 2.05) is 43.3 Å². The van der Waals surface area contributed by atoms with Gasteiger partial charge in [-0.1, -0.05) is 42.0 Å². The Labute approximate surface area is 161 Å². The third kappa shape index (κ3) is 5.81. The summed E-state index contributed by atoms with van der Waals surface area (Å²) in [6.07, 6.45) is -0.542. The summed E-state index contributed by atoms with van der Waals surface area (Å²) >= 11 is 0. The normalized spacial score (nSPS) is 15.9. The number of hydrogen-bond acceptors (Lipinski definition) is 4. The summed E-state index contributed by atoms with van der Waals surface area (Å²) in [5.41, 5.74) is 3.54. The van der Waals surface area contributed by atoms with Gasteiger partial charge in [0.15, 0.2) is 6.10 Å². The lowest BCUT2D eigenvalue weighted by Gasteiger charge is -2.27. The molecule has 1 heterocycles. The molecule has 2 aromatic rings. The molecule has 1 amide bonds. The molecule has 1 atom stereocenters. The lowest BCUT2D eigenvalue weighted by molar-refractivity contribution is -0.127. The van der Waals surface area contributed by atoms with Gasteiger partial charge in [0.2, 0.25) is 0 Å². The van der Waals surface area contributed by atoms with Crippen LogP contribution in [0.15, 0.2) is 48.5 Å². The van der Waals surface area contributed by atoms with E-state index >= 15 is 0 Å². The lowest BCUT2D eigenvalue weighted by atomic mass is 10.1. The first-order valence-electron chi connectivity index (χ1n) is 9.50. The quantitative estimate of drug-likeness (QED) is 0.816. The summed E-state index contributed by atoms with van der Waals surface area (Å²) in [5, 5.41) is 3.00. The molecule has 2 aromatic carbocycles. The van der Waals surface area contributed by atoms with Gasteiger partial charge in [-0.05, 0) is 37.1 Å². The van der Waals surface area contributed by atoms with Crippen molar-refractivity contribution in [2.45, 2.75) is 33.0 Å². The topological polar surface area (TPSA) is 50.8 Å². The second kappa shape index (κ2) is 9.53. The summed E-state index contributed by atoms with van der Waals surface area (Å²) in [7, 11) is 0. The van der Waals surface area contributed by atoms with Gasteiger partial charge in [0.1, 0.15) is 5.75 Å². The summed E-state index contributed by atoms with van der Waals surface area (Å²) in [5.74, 6) is 0.590. The van der Waals surface area contributed by atoms with E-state index in [1.54, 1.807) is 6.92 Å². The van der Waals surface area contributed by atoms with Crippen LogP contribution in [-0.2, 0) is 22.6 Å². The van der Waals surface area contributed by atoms with E-state index in [-0.39, 0.29) is 5.91 Å². The smallest absolute Gasteiger partial charge is 0.261 e. The number of rotatable bonds is 7. The van der Waals surface area contributed by atoms with Crippen LogP contribution < -0.4 is 10.1 Å². The van der Waals surface area contributed by atoms with Crippen molar-refractivity contribution in [3.05, 3.63) is 65.2 Å². The van der Waals surface area contributed by atoms with Crippen LogP contribution in [0.5, 0.6) is 5.75 Å². The van der Waals surface area contributed by atoms with Crippen molar-refractivity contribution in [1.82, 2.24) is 10.2 Å². The van der Waals surface area contributed by atoms with Gasteiger partial charge < -0.3 is 14.8 Å². The Balaban J connectivity index is 1.54. The van der Waals surface area contributed by atoms with Gasteiger partial charge in [0.05, 0.1) is 13.2 Å². The summed E-state index contributed by atoms with van der Waals surface area (Å²) in [6.45, 7) is 8.64. The molecule has 27 heavy (non-hydrogen) atoms. The van der Waals surface area contributed by atoms with Crippen molar-refractivity contribution < 1.29 is 14.3 Å². The molecule has 1 saturated heterocycles. The standard InChI is InChI=1S/C22H28N2O3/c1-17-7-9-21(10-8-17)27-18(2)22(25)23-15-19-5-3-4-6-20(19)16-24-11-13-26-14-12-24/h3-10,18H,11-16H2,1-2H3,(H,23,25)/t18-/m0/s1. The maximum atomic E-state index is 12.4. The predicted molar refractivity (Wildman–Crippen MR) is 106 cm³/mol. The number of morpholine rings is 1. The Morgan fingerprint density at radius 2 is 1.78 bits per heavy atom. The van der Waals surface area contributed by atoms with Crippen molar-refractivity contribution >= 4 is 5.91 Å². The van der Waals surface area contributed by atoms with E-state index in [1.165, 1.54) is 5.56 Å². The first kappa shape index (κ1) is 19.4. The van der Waals surface area contributed by atoms with Gasteiger partial charge in [-0.3, -0.25) is 9.69 Å². The molecule has 1 N–H and O–H groups in total. The van der Waals surface area contributed by atoms with Crippen molar-refractivity contribution in [2.75, 3.05) is 26.3 Å². The number of nitrogens with one attached hydrogen (secondary N) is 1. The molecule has 0 saturated carbocycles. The van der Waals surface area contributed by atoms with E-state index in [0.717, 1.165) is 44.0 Å². The number of carbonyl (C=O) groups is 1. The van der Waals surface area contributed by atoms with E-state index in [0.29, 0.717) is 12.3 Å². The fraction of sp³-hybridized carbons (Fsp3) is 0.409. The second-order valence-corrected chi connectivity index (χ2v) is 6.95. The second-order valence-electron chi connectivity index (χ2n) is 6.95. The maximum Gasteiger partial charge on any atom is 0.261 e. The molecule has 0 aromatic heterocycles. The molecule has 0 spiro atoms. The molecular weight excluding hydrogens is 340 g/mol. The van der Waals surface area contributed by atoms with Crippen molar-refractivity contribution in [1.29, 1.82) is 0 Å². The molecule has 5 nitrogen and oxygen atoms in total. The molecular formula is C22H28N2O3. The van der Waals surface area contributed by atoms with E-state index in [4.69, 9.17) is 9.47 Å². The Bertz CT molecular complexity index is 739. The zero-order chi connectivity index (χ0) is 19.1. The minimum Gasteiger partial charge on any atom is -0.481 e. The molecule has 5 heteroatoms. The van der Waals surface area contributed by atoms with Gasteiger partial charge in [-0.2, -0.15) is 0 Å². The van der Waals surface area contributed by atoms with Crippen LogP contribution in [0.25, 0.3) is 0 Å². The third-order valence-electron chi connectivity index (χ3n) is 4.77. The summed E-state index contributed by atoms with van der Waals surface area (Å²) in [6, 6.07) is 16.0. The zero-order valence-corrected chi connectivity index (χ0v) is 16.1. The molecule has 1 aliphatic heterocycles. The van der Waals surface area contributed by atoms with Gasteiger partial charge in [-0.25, -0.2) is 0 Å². The van der Waals surface area contributed by atoms with Gasteiger partial charge in [0, 0.05) is 26.2 Å². The first-order valence-corrected chi connectivity index (χ1v) is 9.50. The van der Waals surface area contributed by atoms with E-state index < -0.39 is 6.10 Å². The van der Waals surface area contributed by atoms with Crippen LogP contribution in [0, 0.1) is 6.92 Å². The first-order chi connectivity index (χ1) is 13.1. The summed E-state index contributed by atoms with van der Waals surface area (Å²) < 4.78 is 11.2. The fourth-order valence-corrected chi connectivity index (χ4v) is 3.08. The molecule has 144 valence electrons. The van der Waals surface area contributed by atoms with E-state index in [2.05, 4.69) is 22.3 Å². The number of aryl methyl sites for hydroxylation is 1. The minimum absolute atomic E-state index is 0.114. The maximum absolute atomic E-state index is 12.4. The number of ether oxygens (including phenoxy) is 2. The van der Waals surface area contributed by atoms with Crippen molar-refractivity contribution in [3.63, 3.8) is 0 Å². The number of hydrogen-bond donors (Lipinski definition) is 1. The number of carbonyl (C=O) groups excluding carboxylic acids is 1. The highest BCUT2D eigenvalue weighted by atomic mass is 16.5. The highest BCUT2D eigenvalue weighted by Gasteiger charge is 2.16. The third-order valence-corrected chi connectivity index (χ3v) is 4.77. The number of nitrogens with zero attached hydrogens (tertiary/aromatic N) is 1. The van der Waals surface area contributed by atoms with Crippen LogP contribution in [0.3, 0.4) is 0 Å². The number of benzene rings is 2. The largest absolute Gasteiger partial charge is 0.481 e. The van der Waals surface area contributed by atoms with Gasteiger partial charge in [0.25, 0.3) is 5.91 Å². The van der Waals surface area contributed by atoms with Crippen molar-refractivity contribution in [3.8, 4) is 5.75 Å². The molecule has 3 rings (SSSR count). The van der Waals surface area contributed by atoms with Gasteiger partial charge >= 0.3 is 0 Å². The van der Waals surface area contributed by atoms with Crippen LogP contribution in [-0.4, -0.2) is 43.2 Å². The minimum atomic E-state index is -0.542. The Hall–Kier alpha value is -2.37. The van der Waals surface area contributed by atoms with Crippen LogP contribution >= 0.6 is 0 Å². The lowest BCUT2D eigenvalue weighted by Crippen LogP contribution is -2.37. The molecule has 1 fully saturated rings. The zero-order valence-electron chi connectivity index (χ0n) is 16.1. The average molecular weight is 368 g/mol. The highest BCUT2D eigenvalue weighted by Crippen LogP contribution is 2.15. The average Bonchev–Trinajstić information content (AvgIpc) is 2.69.